The van der Waals surface area contributed by atoms with Crippen molar-refractivity contribution >= 4 is 23.4 Å². The molecule has 2 saturated heterocycles. The summed E-state index contributed by atoms with van der Waals surface area (Å²) in [4.78, 5) is 42.1. The molecule has 5 atom stereocenters. The maximum Gasteiger partial charge on any atom is 0.250 e. The molecular formula is C25H25N3O6. The smallest absolute Gasteiger partial charge is 0.250 e. The minimum absolute atomic E-state index is 0.0490. The molecule has 0 bridgehead atoms. The number of nitrogens with zero attached hydrogens (tertiary/aromatic N) is 1. The molecule has 0 aromatic heterocycles. The number of carbonyl (C=O) groups excluding carboxylic acids is 3. The van der Waals surface area contributed by atoms with Crippen molar-refractivity contribution in [2.45, 2.75) is 44.5 Å². The van der Waals surface area contributed by atoms with Crippen LogP contribution >= 0.6 is 0 Å². The van der Waals surface area contributed by atoms with Crippen molar-refractivity contribution in [3.8, 4) is 11.5 Å². The summed E-state index contributed by atoms with van der Waals surface area (Å²) in [5, 5.41) is 16.7. The van der Waals surface area contributed by atoms with Crippen LogP contribution in [-0.2, 0) is 32.9 Å². The van der Waals surface area contributed by atoms with E-state index in [-0.39, 0.29) is 19.2 Å². The lowest BCUT2D eigenvalue weighted by Crippen LogP contribution is -2.54. The van der Waals surface area contributed by atoms with Gasteiger partial charge in [-0.25, -0.2) is 0 Å². The van der Waals surface area contributed by atoms with E-state index in [0.717, 1.165) is 12.0 Å². The van der Waals surface area contributed by atoms with Gasteiger partial charge in [-0.15, -0.1) is 0 Å². The summed E-state index contributed by atoms with van der Waals surface area (Å²) < 4.78 is 10.8. The monoisotopic (exact) mass is 463 g/mol. The zero-order chi connectivity index (χ0) is 23.8. The number of anilines is 1. The van der Waals surface area contributed by atoms with E-state index >= 15 is 0 Å². The van der Waals surface area contributed by atoms with E-state index in [1.54, 1.807) is 25.1 Å². The number of aryl methyl sites for hydroxylation is 1. The van der Waals surface area contributed by atoms with Crippen molar-refractivity contribution in [2.75, 3.05) is 12.1 Å². The number of amides is 3. The van der Waals surface area contributed by atoms with Crippen molar-refractivity contribution in [2.24, 2.45) is 11.8 Å². The Morgan fingerprint density at radius 3 is 2.62 bits per heavy atom. The van der Waals surface area contributed by atoms with E-state index in [4.69, 9.17) is 9.47 Å². The first-order valence-corrected chi connectivity index (χ1v) is 11.5. The Morgan fingerprint density at radius 1 is 1.09 bits per heavy atom. The Bertz CT molecular complexity index is 1240. The highest BCUT2D eigenvalue weighted by Gasteiger charge is 2.71. The number of carbonyl (C=O) groups is 3. The summed E-state index contributed by atoms with van der Waals surface area (Å²) in [6, 6.07) is 10.2. The summed E-state index contributed by atoms with van der Waals surface area (Å²) in [5.74, 6) is -1.83. The van der Waals surface area contributed by atoms with Gasteiger partial charge in [0.1, 0.15) is 5.54 Å². The quantitative estimate of drug-likeness (QED) is 0.585. The molecule has 0 unspecified atom stereocenters. The minimum atomic E-state index is -1.41. The van der Waals surface area contributed by atoms with Crippen LogP contribution in [0.2, 0.25) is 0 Å². The van der Waals surface area contributed by atoms with Crippen LogP contribution in [0.4, 0.5) is 5.69 Å². The van der Waals surface area contributed by atoms with Gasteiger partial charge < -0.3 is 19.9 Å². The topological polar surface area (TPSA) is 117 Å². The lowest BCUT2D eigenvalue weighted by Gasteiger charge is -2.30. The van der Waals surface area contributed by atoms with Gasteiger partial charge >= 0.3 is 0 Å². The van der Waals surface area contributed by atoms with Crippen LogP contribution in [-0.4, -0.2) is 46.7 Å². The van der Waals surface area contributed by atoms with E-state index in [9.17, 15) is 19.5 Å². The molecule has 4 aliphatic heterocycles. The Balaban J connectivity index is 1.42. The second kappa shape index (κ2) is 7.28. The fourth-order valence-corrected chi connectivity index (χ4v) is 5.85. The van der Waals surface area contributed by atoms with Crippen LogP contribution in [0.3, 0.4) is 0 Å². The summed E-state index contributed by atoms with van der Waals surface area (Å²) in [7, 11) is 0. The van der Waals surface area contributed by atoms with E-state index in [0.29, 0.717) is 28.3 Å². The van der Waals surface area contributed by atoms with Crippen LogP contribution < -0.4 is 20.1 Å². The van der Waals surface area contributed by atoms with Gasteiger partial charge in [-0.1, -0.05) is 25.1 Å². The number of fused-ring (bicyclic) bond motifs is 5. The molecular weight excluding hydrogens is 438 g/mol. The lowest BCUT2D eigenvalue weighted by atomic mass is 9.76. The SMILES string of the molecule is CCc1ccc2c(c1)[C@@]1(N[C@H]([C@H](C)O)[C@H]3C(=O)N(Cc4ccc5c(c4)OCO5)C(=O)[C@H]31)C(=O)N2. The van der Waals surface area contributed by atoms with Gasteiger partial charge in [0.2, 0.25) is 24.5 Å². The minimum Gasteiger partial charge on any atom is -0.454 e. The first-order valence-electron chi connectivity index (χ1n) is 11.5. The molecule has 0 saturated carbocycles. The fourth-order valence-electron chi connectivity index (χ4n) is 5.85. The number of rotatable bonds is 4. The van der Waals surface area contributed by atoms with Gasteiger partial charge in [-0.05, 0) is 42.7 Å². The Labute approximate surface area is 196 Å². The van der Waals surface area contributed by atoms with Gasteiger partial charge in [-0.2, -0.15) is 0 Å². The van der Waals surface area contributed by atoms with Crippen LogP contribution in [0, 0.1) is 11.8 Å². The predicted octanol–water partition coefficient (Wildman–Crippen LogP) is 1.28. The molecule has 176 valence electrons. The van der Waals surface area contributed by atoms with Crippen molar-refractivity contribution < 1.29 is 29.0 Å². The average molecular weight is 463 g/mol. The van der Waals surface area contributed by atoms with Crippen molar-refractivity contribution in [3.05, 3.63) is 53.1 Å². The standard InChI is InChI=1S/C25H25N3O6/c1-3-13-4-6-16-15(8-13)25(24(32)26-16)20-19(21(27-25)12(2)29)22(30)28(23(20)31)10-14-5-7-17-18(9-14)34-11-33-17/h4-9,12,19-21,27,29H,3,10-11H2,1-2H3,(H,26,32)/t12-,19-,20-,21+,25-/m0/s1. The molecule has 4 heterocycles. The summed E-state index contributed by atoms with van der Waals surface area (Å²) >= 11 is 0. The molecule has 4 aliphatic rings. The van der Waals surface area contributed by atoms with E-state index < -0.39 is 41.3 Å². The molecule has 0 radical (unpaired) electrons. The number of aliphatic hydroxyl groups is 1. The highest BCUT2D eigenvalue weighted by Crippen LogP contribution is 2.53. The van der Waals surface area contributed by atoms with Gasteiger partial charge in [0.05, 0.1) is 24.5 Å². The Kier molecular flexibility index (Phi) is 4.53. The highest BCUT2D eigenvalue weighted by atomic mass is 16.7. The molecule has 2 aromatic carbocycles. The molecule has 3 amide bonds. The number of hydrogen-bond donors (Lipinski definition) is 3. The zero-order valence-electron chi connectivity index (χ0n) is 18.8. The third kappa shape index (κ3) is 2.71. The van der Waals surface area contributed by atoms with E-state index in [1.807, 2.05) is 25.1 Å². The predicted molar refractivity (Wildman–Crippen MR) is 120 cm³/mol. The van der Waals surface area contributed by atoms with Crippen molar-refractivity contribution in [1.82, 2.24) is 10.2 Å². The number of imide groups is 1. The highest BCUT2D eigenvalue weighted by molar-refractivity contribution is 6.15. The molecule has 1 spiro atoms. The van der Waals surface area contributed by atoms with Crippen molar-refractivity contribution in [3.63, 3.8) is 0 Å². The third-order valence-electron chi connectivity index (χ3n) is 7.51. The number of likely N-dealkylation sites (tertiary alicyclic amines) is 1. The van der Waals surface area contributed by atoms with Gasteiger partial charge in [0.25, 0.3) is 0 Å². The molecule has 3 N–H and O–H groups in total. The molecule has 34 heavy (non-hydrogen) atoms. The molecule has 9 heteroatoms. The van der Waals surface area contributed by atoms with Crippen LogP contribution in [0.15, 0.2) is 36.4 Å². The van der Waals surface area contributed by atoms with E-state index in [2.05, 4.69) is 10.6 Å². The fraction of sp³-hybridized carbons (Fsp3) is 0.400. The number of ether oxygens (including phenoxy) is 2. The molecule has 0 aliphatic carbocycles. The Hall–Kier alpha value is -3.43. The second-order valence-electron chi connectivity index (χ2n) is 9.36. The summed E-state index contributed by atoms with van der Waals surface area (Å²) in [6.45, 7) is 3.76. The van der Waals surface area contributed by atoms with Crippen LogP contribution in [0.1, 0.15) is 30.5 Å². The first kappa shape index (κ1) is 21.1. The lowest BCUT2D eigenvalue weighted by molar-refractivity contribution is -0.143. The molecule has 2 fully saturated rings. The number of aliphatic hydroxyl groups excluding tert-OH is 1. The zero-order valence-corrected chi connectivity index (χ0v) is 18.8. The van der Waals surface area contributed by atoms with Gasteiger partial charge in [0, 0.05) is 17.3 Å². The van der Waals surface area contributed by atoms with Gasteiger partial charge in [0.15, 0.2) is 11.5 Å². The maximum atomic E-state index is 13.8. The van der Waals surface area contributed by atoms with E-state index in [1.165, 1.54) is 4.90 Å². The first-order chi connectivity index (χ1) is 16.3. The number of nitrogens with one attached hydrogen (secondary N) is 2. The molecule has 2 aromatic rings. The van der Waals surface area contributed by atoms with Crippen LogP contribution in [0.5, 0.6) is 11.5 Å². The number of benzene rings is 2. The largest absolute Gasteiger partial charge is 0.454 e. The van der Waals surface area contributed by atoms with Gasteiger partial charge in [-0.3, -0.25) is 24.6 Å². The summed E-state index contributed by atoms with van der Waals surface area (Å²) in [5.41, 5.74) is 1.59. The second-order valence-corrected chi connectivity index (χ2v) is 9.36. The normalized spacial score (nSPS) is 29.6. The van der Waals surface area contributed by atoms with Crippen LogP contribution in [0.25, 0.3) is 0 Å². The number of hydrogen-bond acceptors (Lipinski definition) is 7. The third-order valence-corrected chi connectivity index (χ3v) is 7.51. The maximum absolute atomic E-state index is 13.8. The van der Waals surface area contributed by atoms with Crippen molar-refractivity contribution in [1.29, 1.82) is 0 Å². The molecule has 9 nitrogen and oxygen atoms in total. The molecule has 6 rings (SSSR count). The Morgan fingerprint density at radius 2 is 1.85 bits per heavy atom. The summed E-state index contributed by atoms with van der Waals surface area (Å²) in [6.07, 6.45) is -0.186. The average Bonchev–Trinajstić information content (AvgIpc) is 3.55.